The van der Waals surface area contributed by atoms with Crippen molar-refractivity contribution in [3.8, 4) is 0 Å². The molecule has 3 aliphatic rings. The number of aromatic nitrogens is 5. The van der Waals surface area contributed by atoms with Crippen LogP contribution in [-0.4, -0.2) is 48.3 Å². The molecule has 0 unspecified atom stereocenters. The molecule has 0 spiro atoms. The molecule has 3 aromatic heterocycles. The lowest BCUT2D eigenvalue weighted by Crippen LogP contribution is -2.35. The normalized spacial score (nSPS) is 24.0. The summed E-state index contributed by atoms with van der Waals surface area (Å²) in [4.78, 5) is 29.9. The van der Waals surface area contributed by atoms with Crippen LogP contribution in [0.3, 0.4) is 0 Å². The van der Waals surface area contributed by atoms with Crippen molar-refractivity contribution in [2.75, 3.05) is 0 Å². The van der Waals surface area contributed by atoms with E-state index in [1.165, 1.54) is 0 Å². The SMILES string of the molecule is CC(C)n1nc([C@H](c2cn3ncc([C@H](NC(=O)CC4CC(F)C4)C4CC4)cc3n2)C2CCC(F)(F)CC2)cc1C(N)=O. The topological polar surface area (TPSA) is 120 Å². The fourth-order valence-electron chi connectivity index (χ4n) is 6.62. The molecule has 0 bridgehead atoms. The molecule has 0 aromatic carbocycles. The van der Waals surface area contributed by atoms with Crippen LogP contribution in [0.1, 0.15) is 117 Å². The Hall–Kier alpha value is -3.44. The highest BCUT2D eigenvalue weighted by molar-refractivity contribution is 5.91. The van der Waals surface area contributed by atoms with Gasteiger partial charge in [-0.05, 0) is 87.8 Å². The molecule has 0 saturated heterocycles. The number of hydrogen-bond acceptors (Lipinski definition) is 5. The van der Waals surface area contributed by atoms with Crippen molar-refractivity contribution in [1.29, 1.82) is 0 Å². The lowest BCUT2D eigenvalue weighted by Gasteiger charge is -2.32. The summed E-state index contributed by atoms with van der Waals surface area (Å²) in [6.45, 7) is 3.80. The third-order valence-corrected chi connectivity index (χ3v) is 9.15. The second-order valence-electron chi connectivity index (χ2n) is 12.8. The van der Waals surface area contributed by atoms with Gasteiger partial charge in [0.2, 0.25) is 11.8 Å². The van der Waals surface area contributed by atoms with Crippen LogP contribution in [0.5, 0.6) is 0 Å². The number of amides is 2. The zero-order valence-electron chi connectivity index (χ0n) is 24.0. The maximum absolute atomic E-state index is 14.1. The van der Waals surface area contributed by atoms with Gasteiger partial charge < -0.3 is 11.1 Å². The number of primary amides is 1. The maximum Gasteiger partial charge on any atom is 0.266 e. The third-order valence-electron chi connectivity index (χ3n) is 9.15. The number of nitrogens with two attached hydrogens (primary N) is 1. The highest BCUT2D eigenvalue weighted by Gasteiger charge is 2.41. The Morgan fingerprint density at radius 2 is 1.81 bits per heavy atom. The molecule has 6 rings (SSSR count). The number of nitrogens with one attached hydrogen (secondary N) is 1. The van der Waals surface area contributed by atoms with Crippen molar-refractivity contribution in [3.05, 3.63) is 47.2 Å². The Bertz CT molecular complexity index is 1460. The molecule has 3 aromatic rings. The van der Waals surface area contributed by atoms with Crippen molar-refractivity contribution >= 4 is 17.5 Å². The van der Waals surface area contributed by atoms with E-state index < -0.39 is 23.9 Å². The van der Waals surface area contributed by atoms with Crippen LogP contribution in [0.25, 0.3) is 5.65 Å². The fourth-order valence-corrected chi connectivity index (χ4v) is 6.62. The molecule has 42 heavy (non-hydrogen) atoms. The molecule has 0 radical (unpaired) electrons. The Morgan fingerprint density at radius 1 is 1.10 bits per heavy atom. The number of rotatable bonds is 10. The van der Waals surface area contributed by atoms with Gasteiger partial charge in [0, 0.05) is 31.2 Å². The highest BCUT2D eigenvalue weighted by atomic mass is 19.3. The van der Waals surface area contributed by atoms with Gasteiger partial charge in [0.15, 0.2) is 5.65 Å². The molecular weight excluding hydrogens is 547 g/mol. The molecule has 226 valence electrons. The first-order valence-corrected chi connectivity index (χ1v) is 15.0. The first-order chi connectivity index (χ1) is 20.0. The van der Waals surface area contributed by atoms with Gasteiger partial charge in [-0.2, -0.15) is 10.2 Å². The van der Waals surface area contributed by atoms with Gasteiger partial charge in [0.1, 0.15) is 11.9 Å². The molecule has 3 heterocycles. The number of hydrogen-bond donors (Lipinski definition) is 2. The van der Waals surface area contributed by atoms with Gasteiger partial charge in [-0.25, -0.2) is 22.7 Å². The van der Waals surface area contributed by atoms with Crippen LogP contribution in [0.2, 0.25) is 0 Å². The van der Waals surface area contributed by atoms with Gasteiger partial charge in [0.05, 0.1) is 29.8 Å². The first kappa shape index (κ1) is 28.7. The Kier molecular flexibility index (Phi) is 7.51. The smallest absolute Gasteiger partial charge is 0.266 e. The number of halogens is 3. The van der Waals surface area contributed by atoms with E-state index in [0.717, 1.165) is 18.4 Å². The van der Waals surface area contributed by atoms with E-state index >= 15 is 0 Å². The second kappa shape index (κ2) is 11.0. The average molecular weight is 586 g/mol. The molecule has 12 heteroatoms. The molecule has 2 atom stereocenters. The molecule has 3 fully saturated rings. The number of imidazole rings is 1. The predicted octanol–water partition coefficient (Wildman–Crippen LogP) is 5.27. The molecule has 3 N–H and O–H groups in total. The van der Waals surface area contributed by atoms with Gasteiger partial charge in [0.25, 0.3) is 5.91 Å². The molecule has 3 aliphatic carbocycles. The summed E-state index contributed by atoms with van der Waals surface area (Å²) in [5, 5.41) is 12.5. The Balaban J connectivity index is 1.31. The average Bonchev–Trinajstić information content (AvgIpc) is 3.51. The number of nitrogens with zero attached hydrogens (tertiary/aromatic N) is 5. The van der Waals surface area contributed by atoms with E-state index in [0.29, 0.717) is 55.1 Å². The van der Waals surface area contributed by atoms with Gasteiger partial charge in [-0.15, -0.1) is 0 Å². The summed E-state index contributed by atoms with van der Waals surface area (Å²) < 4.78 is 44.7. The van der Waals surface area contributed by atoms with E-state index in [9.17, 15) is 22.8 Å². The van der Waals surface area contributed by atoms with Crippen molar-refractivity contribution in [1.82, 2.24) is 29.7 Å². The minimum atomic E-state index is -2.69. The summed E-state index contributed by atoms with van der Waals surface area (Å²) >= 11 is 0. The van der Waals surface area contributed by atoms with Crippen LogP contribution < -0.4 is 11.1 Å². The summed E-state index contributed by atoms with van der Waals surface area (Å²) in [5.74, 6) is -3.54. The minimum absolute atomic E-state index is 0.0761. The van der Waals surface area contributed by atoms with Crippen molar-refractivity contribution in [2.45, 2.75) is 102 Å². The van der Waals surface area contributed by atoms with Crippen LogP contribution in [0.15, 0.2) is 24.5 Å². The van der Waals surface area contributed by atoms with Crippen LogP contribution in [0, 0.1) is 17.8 Å². The second-order valence-corrected chi connectivity index (χ2v) is 12.8. The zero-order chi connectivity index (χ0) is 29.8. The summed E-state index contributed by atoms with van der Waals surface area (Å²) in [7, 11) is 0. The van der Waals surface area contributed by atoms with Crippen LogP contribution in [0.4, 0.5) is 13.2 Å². The summed E-state index contributed by atoms with van der Waals surface area (Å²) in [6, 6.07) is 3.25. The fraction of sp³-hybridized carbons (Fsp3) is 0.633. The van der Waals surface area contributed by atoms with Gasteiger partial charge in [-0.3, -0.25) is 14.3 Å². The lowest BCUT2D eigenvalue weighted by molar-refractivity contribution is -0.124. The molecular formula is C30H38F3N7O2. The van der Waals surface area contributed by atoms with Crippen molar-refractivity contribution < 1.29 is 22.8 Å². The Labute approximate surface area is 242 Å². The van der Waals surface area contributed by atoms with E-state index in [2.05, 4.69) is 10.4 Å². The quantitative estimate of drug-likeness (QED) is 0.336. The van der Waals surface area contributed by atoms with E-state index in [-0.39, 0.29) is 48.4 Å². The van der Waals surface area contributed by atoms with E-state index in [1.54, 1.807) is 27.7 Å². The number of alkyl halides is 3. The Morgan fingerprint density at radius 3 is 2.40 bits per heavy atom. The summed E-state index contributed by atoms with van der Waals surface area (Å²) in [6.07, 6.45) is 6.12. The van der Waals surface area contributed by atoms with E-state index in [4.69, 9.17) is 15.8 Å². The molecule has 0 aliphatic heterocycles. The standard InChI is InChI=1S/C30H38F3N7O2/c1-16(2)40-24(29(34)42)13-22(38-40)27(18-5-7-30(32,33)8-6-18)23-15-39-25(36-23)12-20(14-35-39)28(19-3-4-19)37-26(41)11-17-9-21(31)10-17/h12-19,21,27-28H,3-11H2,1-2H3,(H2,34,42)(H,37,41)/t17?,21?,27-,28-/m1/s1. The first-order valence-electron chi connectivity index (χ1n) is 15.0. The maximum atomic E-state index is 14.1. The van der Waals surface area contributed by atoms with Gasteiger partial charge >= 0.3 is 0 Å². The number of carbonyl (C=O) groups is 2. The van der Waals surface area contributed by atoms with Crippen LogP contribution in [-0.2, 0) is 4.79 Å². The third kappa shape index (κ3) is 5.89. The number of carbonyl (C=O) groups excluding carboxylic acids is 2. The largest absolute Gasteiger partial charge is 0.364 e. The van der Waals surface area contributed by atoms with Gasteiger partial charge in [-0.1, -0.05) is 0 Å². The molecule has 3 saturated carbocycles. The van der Waals surface area contributed by atoms with E-state index in [1.807, 2.05) is 19.9 Å². The molecule has 9 nitrogen and oxygen atoms in total. The predicted molar refractivity (Wildman–Crippen MR) is 149 cm³/mol. The number of fused-ring (bicyclic) bond motifs is 1. The minimum Gasteiger partial charge on any atom is -0.364 e. The highest BCUT2D eigenvalue weighted by Crippen LogP contribution is 2.45. The van der Waals surface area contributed by atoms with Crippen LogP contribution >= 0.6 is 0 Å². The monoisotopic (exact) mass is 585 g/mol. The van der Waals surface area contributed by atoms with Crippen molar-refractivity contribution in [3.63, 3.8) is 0 Å². The zero-order valence-corrected chi connectivity index (χ0v) is 24.0. The van der Waals surface area contributed by atoms with Crippen molar-refractivity contribution in [2.24, 2.45) is 23.5 Å². The summed E-state index contributed by atoms with van der Waals surface area (Å²) in [5.41, 5.74) is 8.56. The molecule has 2 amide bonds. The lowest BCUT2D eigenvalue weighted by atomic mass is 9.76.